The molecule has 27 heavy (non-hydrogen) atoms. The molecule has 2 aromatic rings. The topological polar surface area (TPSA) is 76.1 Å². The SMILES string of the molecule is CC1(C)C[C@H](n2[nH]c(=O)c3c2NC(=O)CS[C@H]3c2ccc(F)cc2)CCO1. The van der Waals surface area contributed by atoms with Crippen molar-refractivity contribution in [2.45, 2.75) is 43.6 Å². The Kier molecular flexibility index (Phi) is 4.63. The van der Waals surface area contributed by atoms with Crippen molar-refractivity contribution in [1.82, 2.24) is 9.78 Å². The number of carbonyl (C=O) groups excluding carboxylic acids is 1. The second-order valence-corrected chi connectivity index (χ2v) is 8.71. The first-order chi connectivity index (χ1) is 12.8. The fourth-order valence-electron chi connectivity index (χ4n) is 3.84. The van der Waals surface area contributed by atoms with Gasteiger partial charge in [0.2, 0.25) is 5.91 Å². The molecule has 1 saturated heterocycles. The zero-order valence-corrected chi connectivity index (χ0v) is 16.1. The average Bonchev–Trinajstić information content (AvgIpc) is 2.81. The third-order valence-electron chi connectivity index (χ3n) is 5.07. The van der Waals surface area contributed by atoms with Crippen LogP contribution in [0.25, 0.3) is 0 Å². The van der Waals surface area contributed by atoms with Gasteiger partial charge in [0.1, 0.15) is 11.6 Å². The molecule has 144 valence electrons. The molecule has 2 aliphatic rings. The molecule has 0 unspecified atom stereocenters. The molecule has 0 saturated carbocycles. The van der Waals surface area contributed by atoms with Gasteiger partial charge < -0.3 is 10.1 Å². The number of fused-ring (bicyclic) bond motifs is 1. The van der Waals surface area contributed by atoms with Crippen molar-refractivity contribution in [3.63, 3.8) is 0 Å². The Balaban J connectivity index is 1.80. The molecule has 0 bridgehead atoms. The molecule has 8 heteroatoms. The molecule has 1 fully saturated rings. The predicted octanol–water partition coefficient (Wildman–Crippen LogP) is 3.22. The highest BCUT2D eigenvalue weighted by atomic mass is 32.2. The Morgan fingerprint density at radius 1 is 1.26 bits per heavy atom. The van der Waals surface area contributed by atoms with Crippen molar-refractivity contribution >= 4 is 23.5 Å². The summed E-state index contributed by atoms with van der Waals surface area (Å²) in [6.45, 7) is 4.64. The number of nitrogens with one attached hydrogen (secondary N) is 2. The van der Waals surface area contributed by atoms with Gasteiger partial charge in [-0.3, -0.25) is 19.4 Å². The summed E-state index contributed by atoms with van der Waals surface area (Å²) in [4.78, 5) is 25.2. The molecule has 0 aliphatic carbocycles. The minimum atomic E-state index is -0.336. The monoisotopic (exact) mass is 391 g/mol. The number of halogens is 1. The van der Waals surface area contributed by atoms with E-state index in [-0.39, 0.29) is 39.9 Å². The number of ether oxygens (including phenoxy) is 1. The molecule has 6 nitrogen and oxygen atoms in total. The highest BCUT2D eigenvalue weighted by Crippen LogP contribution is 2.42. The molecule has 0 radical (unpaired) electrons. The Morgan fingerprint density at radius 2 is 2.00 bits per heavy atom. The quantitative estimate of drug-likeness (QED) is 0.824. The minimum Gasteiger partial charge on any atom is -0.375 e. The molecule has 2 N–H and O–H groups in total. The number of aromatic amines is 1. The van der Waals surface area contributed by atoms with E-state index in [1.54, 1.807) is 16.8 Å². The van der Waals surface area contributed by atoms with Gasteiger partial charge in [-0.25, -0.2) is 4.39 Å². The molecule has 1 aromatic heterocycles. The van der Waals surface area contributed by atoms with Crippen LogP contribution in [0.5, 0.6) is 0 Å². The van der Waals surface area contributed by atoms with Crippen LogP contribution < -0.4 is 10.9 Å². The van der Waals surface area contributed by atoms with Crippen molar-refractivity contribution in [3.05, 3.63) is 51.6 Å². The van der Waals surface area contributed by atoms with E-state index >= 15 is 0 Å². The molecule has 2 atom stereocenters. The van der Waals surface area contributed by atoms with E-state index in [1.807, 2.05) is 13.8 Å². The van der Waals surface area contributed by atoms with Crippen LogP contribution in [0.2, 0.25) is 0 Å². The van der Waals surface area contributed by atoms with Crippen LogP contribution in [-0.2, 0) is 9.53 Å². The van der Waals surface area contributed by atoms with Crippen LogP contribution in [-0.4, -0.2) is 33.6 Å². The zero-order chi connectivity index (χ0) is 19.2. The Morgan fingerprint density at radius 3 is 2.70 bits per heavy atom. The van der Waals surface area contributed by atoms with Crippen molar-refractivity contribution in [3.8, 4) is 0 Å². The molecule has 2 aliphatic heterocycles. The molecule has 4 rings (SSSR count). The van der Waals surface area contributed by atoms with Gasteiger partial charge in [0, 0.05) is 6.61 Å². The summed E-state index contributed by atoms with van der Waals surface area (Å²) in [5.41, 5.74) is 0.798. The number of benzene rings is 1. The molecule has 1 amide bonds. The van der Waals surface area contributed by atoms with Gasteiger partial charge in [-0.15, -0.1) is 11.8 Å². The van der Waals surface area contributed by atoms with E-state index in [0.29, 0.717) is 18.0 Å². The number of amides is 1. The maximum atomic E-state index is 13.3. The highest BCUT2D eigenvalue weighted by molar-refractivity contribution is 8.00. The van der Waals surface area contributed by atoms with E-state index in [2.05, 4.69) is 10.4 Å². The first kappa shape index (κ1) is 18.3. The van der Waals surface area contributed by atoms with Gasteiger partial charge in [-0.2, -0.15) is 0 Å². The van der Waals surface area contributed by atoms with Crippen LogP contribution in [0.15, 0.2) is 29.1 Å². The van der Waals surface area contributed by atoms with E-state index in [0.717, 1.165) is 18.4 Å². The standard InChI is InChI=1S/C19H22FN3O3S/c1-19(2)9-13(7-8-26-19)23-17-15(18(25)22-23)16(27-10-14(24)21-17)11-3-5-12(20)6-4-11/h3-6,13,16H,7-10H2,1-2H3,(H,21,24)(H,22,25)/t13-,16+/m1/s1. The summed E-state index contributed by atoms with van der Waals surface area (Å²) in [7, 11) is 0. The van der Waals surface area contributed by atoms with Crippen LogP contribution in [0.4, 0.5) is 10.2 Å². The summed E-state index contributed by atoms with van der Waals surface area (Å²) in [6, 6.07) is 6.12. The Labute approximate surface area is 160 Å². The number of nitrogens with zero attached hydrogens (tertiary/aromatic N) is 1. The highest BCUT2D eigenvalue weighted by Gasteiger charge is 2.35. The molecule has 3 heterocycles. The number of rotatable bonds is 2. The van der Waals surface area contributed by atoms with Gasteiger partial charge in [0.05, 0.1) is 28.2 Å². The van der Waals surface area contributed by atoms with Crippen molar-refractivity contribution in [1.29, 1.82) is 0 Å². The predicted molar refractivity (Wildman–Crippen MR) is 103 cm³/mol. The number of thioether (sulfide) groups is 1. The third kappa shape index (κ3) is 3.55. The number of H-pyrrole nitrogens is 1. The minimum absolute atomic E-state index is 0.0301. The molecular formula is C19H22FN3O3S. The van der Waals surface area contributed by atoms with E-state index in [9.17, 15) is 14.0 Å². The Bertz CT molecular complexity index is 919. The average molecular weight is 391 g/mol. The summed E-state index contributed by atoms with van der Waals surface area (Å²) < 4.78 is 20.9. The molecule has 1 aromatic carbocycles. The number of aromatic nitrogens is 2. The largest absolute Gasteiger partial charge is 0.375 e. The van der Waals surface area contributed by atoms with Gasteiger partial charge >= 0.3 is 0 Å². The van der Waals surface area contributed by atoms with E-state index in [1.165, 1.54) is 23.9 Å². The normalized spacial score (nSPS) is 24.8. The van der Waals surface area contributed by atoms with Crippen LogP contribution in [0.1, 0.15) is 49.1 Å². The van der Waals surface area contributed by atoms with Crippen LogP contribution >= 0.6 is 11.8 Å². The number of carbonyl (C=O) groups is 1. The maximum Gasteiger partial charge on any atom is 0.270 e. The van der Waals surface area contributed by atoms with Gasteiger partial charge in [-0.1, -0.05) is 12.1 Å². The van der Waals surface area contributed by atoms with Gasteiger partial charge in [-0.05, 0) is 44.4 Å². The summed E-state index contributed by atoms with van der Waals surface area (Å²) in [6.07, 6.45) is 1.49. The first-order valence-corrected chi connectivity index (χ1v) is 10.0. The number of anilines is 1. The lowest BCUT2D eigenvalue weighted by molar-refractivity contribution is -0.113. The van der Waals surface area contributed by atoms with Crippen molar-refractivity contribution in [2.24, 2.45) is 0 Å². The van der Waals surface area contributed by atoms with Crippen molar-refractivity contribution < 1.29 is 13.9 Å². The third-order valence-corrected chi connectivity index (χ3v) is 6.34. The van der Waals surface area contributed by atoms with E-state index < -0.39 is 0 Å². The van der Waals surface area contributed by atoms with Gasteiger partial charge in [0.25, 0.3) is 5.56 Å². The number of hydrogen-bond donors (Lipinski definition) is 2. The van der Waals surface area contributed by atoms with Gasteiger partial charge in [0.15, 0.2) is 0 Å². The zero-order valence-electron chi connectivity index (χ0n) is 15.3. The molecular weight excluding hydrogens is 369 g/mol. The smallest absolute Gasteiger partial charge is 0.270 e. The van der Waals surface area contributed by atoms with Crippen LogP contribution in [0.3, 0.4) is 0 Å². The summed E-state index contributed by atoms with van der Waals surface area (Å²) in [5, 5.41) is 5.49. The molecule has 0 spiro atoms. The van der Waals surface area contributed by atoms with Crippen LogP contribution in [0, 0.1) is 5.82 Å². The van der Waals surface area contributed by atoms with Crippen molar-refractivity contribution in [2.75, 3.05) is 17.7 Å². The first-order valence-electron chi connectivity index (χ1n) is 8.99. The summed E-state index contributed by atoms with van der Waals surface area (Å²) in [5.74, 6) is 0.273. The fraction of sp³-hybridized carbons (Fsp3) is 0.474. The Hall–Kier alpha value is -2.06. The lowest BCUT2D eigenvalue weighted by Gasteiger charge is -2.36. The maximum absolute atomic E-state index is 13.3. The number of hydrogen-bond acceptors (Lipinski definition) is 4. The second kappa shape index (κ2) is 6.83. The lowest BCUT2D eigenvalue weighted by Crippen LogP contribution is -2.36. The lowest BCUT2D eigenvalue weighted by atomic mass is 9.94. The fourth-order valence-corrected chi connectivity index (χ4v) is 4.96. The second-order valence-electron chi connectivity index (χ2n) is 7.62. The summed E-state index contributed by atoms with van der Waals surface area (Å²) >= 11 is 1.38. The van der Waals surface area contributed by atoms with E-state index in [4.69, 9.17) is 4.74 Å².